The molecule has 1 aromatic rings. The molecule has 0 fully saturated rings. The smallest absolute Gasteiger partial charge is 0.255 e. The fraction of sp³-hybridized carbons (Fsp3) is 0.571. The Morgan fingerprint density at radius 2 is 2.26 bits per heavy atom. The third kappa shape index (κ3) is 4.87. The van der Waals surface area contributed by atoms with Crippen LogP contribution in [0.25, 0.3) is 0 Å². The molecule has 0 aliphatic heterocycles. The molecule has 0 aliphatic rings. The minimum absolute atomic E-state index is 0.0724. The Morgan fingerprint density at radius 1 is 1.53 bits per heavy atom. The van der Waals surface area contributed by atoms with Gasteiger partial charge in [-0.1, -0.05) is 0 Å². The molecule has 1 atom stereocenters. The maximum Gasteiger partial charge on any atom is 0.255 e. The van der Waals surface area contributed by atoms with Gasteiger partial charge in [0.05, 0.1) is 11.3 Å². The molecular formula is C14H23N3O2. The average Bonchev–Trinajstić information content (AvgIpc) is 2.36. The van der Waals surface area contributed by atoms with Gasteiger partial charge in [-0.15, -0.1) is 0 Å². The predicted octanol–water partition coefficient (Wildman–Crippen LogP) is 1.98. The first-order chi connectivity index (χ1) is 9.08. The lowest BCUT2D eigenvalue weighted by atomic mass is 10.1. The summed E-state index contributed by atoms with van der Waals surface area (Å²) >= 11 is 0. The lowest BCUT2D eigenvalue weighted by Gasteiger charge is -2.15. The Hall–Kier alpha value is -1.62. The van der Waals surface area contributed by atoms with Gasteiger partial charge in [0.1, 0.15) is 0 Å². The van der Waals surface area contributed by atoms with Gasteiger partial charge in [0.15, 0.2) is 0 Å². The van der Waals surface area contributed by atoms with Gasteiger partial charge in [0.25, 0.3) is 5.91 Å². The highest BCUT2D eigenvalue weighted by Crippen LogP contribution is 2.15. The summed E-state index contributed by atoms with van der Waals surface area (Å²) in [6, 6.07) is 1.96. The van der Waals surface area contributed by atoms with Crippen molar-refractivity contribution >= 4 is 11.6 Å². The van der Waals surface area contributed by atoms with Crippen LogP contribution in [0.15, 0.2) is 12.3 Å². The Balaban J connectivity index is 2.75. The van der Waals surface area contributed by atoms with Gasteiger partial charge in [-0.3, -0.25) is 9.78 Å². The first-order valence-corrected chi connectivity index (χ1v) is 6.58. The number of anilines is 1. The molecule has 0 bridgehead atoms. The van der Waals surface area contributed by atoms with E-state index < -0.39 is 0 Å². The van der Waals surface area contributed by atoms with E-state index in [1.165, 1.54) is 0 Å². The molecule has 5 heteroatoms. The number of pyridine rings is 1. The van der Waals surface area contributed by atoms with Gasteiger partial charge in [-0.2, -0.15) is 0 Å². The second kappa shape index (κ2) is 7.74. The molecular weight excluding hydrogens is 242 g/mol. The number of carbonyl (C=O) groups excluding carboxylic acids is 1. The molecule has 5 nitrogen and oxygen atoms in total. The zero-order valence-electron chi connectivity index (χ0n) is 12.1. The van der Waals surface area contributed by atoms with E-state index in [0.717, 1.165) is 24.3 Å². The molecule has 0 saturated carbocycles. The molecule has 1 aromatic heterocycles. The Kier molecular flexibility index (Phi) is 6.29. The second-order valence-electron chi connectivity index (χ2n) is 4.56. The van der Waals surface area contributed by atoms with Crippen molar-refractivity contribution in [2.24, 2.45) is 0 Å². The first kappa shape index (κ1) is 15.4. The number of aromatic nitrogens is 1. The number of methoxy groups -OCH3 is 1. The van der Waals surface area contributed by atoms with E-state index in [9.17, 15) is 4.79 Å². The van der Waals surface area contributed by atoms with Gasteiger partial charge in [0, 0.05) is 38.2 Å². The Morgan fingerprint density at radius 3 is 2.89 bits per heavy atom. The normalized spacial score (nSPS) is 12.0. The fourth-order valence-electron chi connectivity index (χ4n) is 1.75. The van der Waals surface area contributed by atoms with Crippen LogP contribution in [0, 0.1) is 6.92 Å². The molecule has 1 unspecified atom stereocenters. The number of carbonyl (C=O) groups is 1. The number of ether oxygens (including phenoxy) is 1. The van der Waals surface area contributed by atoms with Crippen molar-refractivity contribution in [1.82, 2.24) is 10.3 Å². The van der Waals surface area contributed by atoms with Crippen molar-refractivity contribution in [1.29, 1.82) is 0 Å². The molecule has 19 heavy (non-hydrogen) atoms. The van der Waals surface area contributed by atoms with Gasteiger partial charge in [-0.25, -0.2) is 0 Å². The molecule has 0 aromatic carbocycles. The summed E-state index contributed by atoms with van der Waals surface area (Å²) in [5, 5.41) is 6.14. The number of aryl methyl sites for hydroxylation is 1. The zero-order chi connectivity index (χ0) is 14.3. The van der Waals surface area contributed by atoms with Crippen LogP contribution in [-0.2, 0) is 4.74 Å². The van der Waals surface area contributed by atoms with Crippen LogP contribution >= 0.6 is 0 Å². The maximum absolute atomic E-state index is 12.2. The van der Waals surface area contributed by atoms with Crippen LogP contribution in [0.4, 0.5) is 5.69 Å². The minimum Gasteiger partial charge on any atom is -0.385 e. The van der Waals surface area contributed by atoms with Crippen LogP contribution in [0.2, 0.25) is 0 Å². The topological polar surface area (TPSA) is 63.2 Å². The maximum atomic E-state index is 12.2. The number of amides is 1. The number of hydrogen-bond donors (Lipinski definition) is 2. The average molecular weight is 265 g/mol. The van der Waals surface area contributed by atoms with Crippen LogP contribution in [0.3, 0.4) is 0 Å². The lowest BCUT2D eigenvalue weighted by molar-refractivity contribution is 0.0930. The van der Waals surface area contributed by atoms with Crippen LogP contribution in [-0.4, -0.2) is 37.2 Å². The zero-order valence-corrected chi connectivity index (χ0v) is 12.1. The summed E-state index contributed by atoms with van der Waals surface area (Å²) in [5.41, 5.74) is 2.29. The largest absolute Gasteiger partial charge is 0.385 e. The molecule has 0 spiro atoms. The SMILES string of the molecule is CCNc1cc(C)ncc1C(=O)NC(C)CCOC. The lowest BCUT2D eigenvalue weighted by Crippen LogP contribution is -2.34. The molecule has 1 rings (SSSR count). The summed E-state index contributed by atoms with van der Waals surface area (Å²) < 4.78 is 5.00. The van der Waals surface area contributed by atoms with Crippen molar-refractivity contribution in [3.8, 4) is 0 Å². The highest BCUT2D eigenvalue weighted by atomic mass is 16.5. The molecule has 106 valence electrons. The summed E-state index contributed by atoms with van der Waals surface area (Å²) in [6.45, 7) is 7.27. The van der Waals surface area contributed by atoms with E-state index >= 15 is 0 Å². The number of nitrogens with zero attached hydrogens (tertiary/aromatic N) is 1. The summed E-state index contributed by atoms with van der Waals surface area (Å²) in [4.78, 5) is 16.4. The quantitative estimate of drug-likeness (QED) is 0.791. The predicted molar refractivity (Wildman–Crippen MR) is 76.6 cm³/mol. The van der Waals surface area contributed by atoms with Crippen LogP contribution in [0.1, 0.15) is 36.3 Å². The highest BCUT2D eigenvalue weighted by Gasteiger charge is 2.14. The van der Waals surface area contributed by atoms with E-state index in [-0.39, 0.29) is 11.9 Å². The van der Waals surface area contributed by atoms with Crippen molar-refractivity contribution in [2.45, 2.75) is 33.2 Å². The fourth-order valence-corrected chi connectivity index (χ4v) is 1.75. The van der Waals surface area contributed by atoms with Crippen molar-refractivity contribution in [3.63, 3.8) is 0 Å². The number of rotatable bonds is 7. The molecule has 0 radical (unpaired) electrons. The second-order valence-corrected chi connectivity index (χ2v) is 4.56. The molecule has 0 aliphatic carbocycles. The van der Waals surface area contributed by atoms with E-state index in [1.807, 2.05) is 26.8 Å². The van der Waals surface area contributed by atoms with Gasteiger partial charge >= 0.3 is 0 Å². The number of nitrogens with one attached hydrogen (secondary N) is 2. The first-order valence-electron chi connectivity index (χ1n) is 6.58. The van der Waals surface area contributed by atoms with Crippen LogP contribution < -0.4 is 10.6 Å². The van der Waals surface area contributed by atoms with Gasteiger partial charge < -0.3 is 15.4 Å². The van der Waals surface area contributed by atoms with Crippen molar-refractivity contribution in [2.75, 3.05) is 25.6 Å². The molecule has 0 saturated heterocycles. The third-order valence-corrected chi connectivity index (χ3v) is 2.79. The summed E-state index contributed by atoms with van der Waals surface area (Å²) in [7, 11) is 1.65. The number of hydrogen-bond acceptors (Lipinski definition) is 4. The van der Waals surface area contributed by atoms with E-state index in [1.54, 1.807) is 13.3 Å². The minimum atomic E-state index is -0.105. The van der Waals surface area contributed by atoms with Gasteiger partial charge in [0.2, 0.25) is 0 Å². The van der Waals surface area contributed by atoms with Crippen molar-refractivity contribution < 1.29 is 9.53 Å². The van der Waals surface area contributed by atoms with E-state index in [2.05, 4.69) is 15.6 Å². The van der Waals surface area contributed by atoms with Crippen LogP contribution in [0.5, 0.6) is 0 Å². The third-order valence-electron chi connectivity index (χ3n) is 2.79. The Labute approximate surface area is 114 Å². The molecule has 2 N–H and O–H groups in total. The van der Waals surface area contributed by atoms with E-state index in [0.29, 0.717) is 12.2 Å². The molecule has 1 amide bonds. The Bertz CT molecular complexity index is 421. The monoisotopic (exact) mass is 265 g/mol. The van der Waals surface area contributed by atoms with E-state index in [4.69, 9.17) is 4.74 Å². The van der Waals surface area contributed by atoms with Crippen molar-refractivity contribution in [3.05, 3.63) is 23.5 Å². The van der Waals surface area contributed by atoms with Gasteiger partial charge in [-0.05, 0) is 33.3 Å². The molecule has 1 heterocycles. The summed E-state index contributed by atoms with van der Waals surface area (Å²) in [6.07, 6.45) is 2.41. The summed E-state index contributed by atoms with van der Waals surface area (Å²) in [5.74, 6) is -0.105. The highest BCUT2D eigenvalue weighted by molar-refractivity contribution is 5.99. The standard InChI is InChI=1S/C14H23N3O2/c1-5-15-13-8-11(3)16-9-12(13)14(18)17-10(2)6-7-19-4/h8-10H,5-7H2,1-4H3,(H,15,16)(H,17,18).